The predicted octanol–water partition coefficient (Wildman–Crippen LogP) is 1.39. The van der Waals surface area contributed by atoms with Gasteiger partial charge in [-0.25, -0.2) is 0 Å². The minimum Gasteiger partial charge on any atom is -0.480 e. The molecule has 0 radical (unpaired) electrons. The standard InChI is InChI=1S/C16H31N3O2/c1-16(15(20)21,17-13-7-8-13)9-5-11-19-10-4-6-14(12-19)18(2)3/h13-14,17H,4-12H2,1-3H3,(H,20,21). The van der Waals surface area contributed by atoms with E-state index in [0.717, 1.165) is 38.9 Å². The third-order valence-electron chi connectivity index (χ3n) is 4.93. The van der Waals surface area contributed by atoms with Crippen molar-refractivity contribution < 1.29 is 9.90 Å². The number of hydrogen-bond acceptors (Lipinski definition) is 4. The Morgan fingerprint density at radius 1 is 1.38 bits per heavy atom. The van der Waals surface area contributed by atoms with Crippen LogP contribution in [0.3, 0.4) is 0 Å². The lowest BCUT2D eigenvalue weighted by molar-refractivity contribution is -0.144. The first-order chi connectivity index (χ1) is 9.90. The molecular formula is C16H31N3O2. The van der Waals surface area contributed by atoms with Gasteiger partial charge >= 0.3 is 5.97 Å². The number of piperidine rings is 1. The monoisotopic (exact) mass is 297 g/mol. The summed E-state index contributed by atoms with van der Waals surface area (Å²) in [5.74, 6) is -0.709. The fourth-order valence-corrected chi connectivity index (χ4v) is 3.23. The summed E-state index contributed by atoms with van der Waals surface area (Å²) < 4.78 is 0. The highest BCUT2D eigenvalue weighted by Gasteiger charge is 2.38. The number of carbonyl (C=O) groups is 1. The van der Waals surface area contributed by atoms with E-state index in [-0.39, 0.29) is 0 Å². The molecule has 0 bridgehead atoms. The van der Waals surface area contributed by atoms with Crippen molar-refractivity contribution in [1.29, 1.82) is 0 Å². The molecular weight excluding hydrogens is 266 g/mol. The van der Waals surface area contributed by atoms with E-state index in [2.05, 4.69) is 29.2 Å². The van der Waals surface area contributed by atoms with Gasteiger partial charge in [-0.3, -0.25) is 10.1 Å². The Bertz CT molecular complexity index is 357. The lowest BCUT2D eigenvalue weighted by Crippen LogP contribution is -2.51. The average Bonchev–Trinajstić information content (AvgIpc) is 3.22. The molecule has 0 spiro atoms. The van der Waals surface area contributed by atoms with Crippen molar-refractivity contribution in [2.45, 2.75) is 63.1 Å². The van der Waals surface area contributed by atoms with Crippen LogP contribution in [0.5, 0.6) is 0 Å². The van der Waals surface area contributed by atoms with E-state index in [9.17, 15) is 9.90 Å². The van der Waals surface area contributed by atoms with E-state index in [0.29, 0.717) is 18.5 Å². The first-order valence-corrected chi connectivity index (χ1v) is 8.30. The number of likely N-dealkylation sites (N-methyl/N-ethyl adjacent to an activating group) is 1. The van der Waals surface area contributed by atoms with Gasteiger partial charge in [0, 0.05) is 18.6 Å². The molecule has 21 heavy (non-hydrogen) atoms. The topological polar surface area (TPSA) is 55.8 Å². The average molecular weight is 297 g/mol. The van der Waals surface area contributed by atoms with Crippen molar-refractivity contribution in [3.63, 3.8) is 0 Å². The van der Waals surface area contributed by atoms with Crippen LogP contribution in [0.4, 0.5) is 0 Å². The van der Waals surface area contributed by atoms with Crippen LogP contribution in [0.2, 0.25) is 0 Å². The van der Waals surface area contributed by atoms with Gasteiger partial charge in [-0.05, 0) is 72.6 Å². The summed E-state index contributed by atoms with van der Waals surface area (Å²) in [7, 11) is 4.30. The molecule has 1 aliphatic heterocycles. The van der Waals surface area contributed by atoms with E-state index in [1.165, 1.54) is 12.8 Å². The summed E-state index contributed by atoms with van der Waals surface area (Å²) in [6, 6.07) is 1.08. The van der Waals surface area contributed by atoms with Crippen LogP contribution in [-0.4, -0.2) is 72.2 Å². The molecule has 0 aromatic rings. The zero-order chi connectivity index (χ0) is 15.5. The minimum atomic E-state index is -0.752. The third kappa shape index (κ3) is 4.94. The second kappa shape index (κ2) is 7.07. The molecule has 2 unspecified atom stereocenters. The lowest BCUT2D eigenvalue weighted by atomic mass is 9.95. The number of carboxylic acid groups (broad SMARTS) is 1. The van der Waals surface area contributed by atoms with Crippen molar-refractivity contribution >= 4 is 5.97 Å². The molecule has 2 atom stereocenters. The Morgan fingerprint density at radius 3 is 2.67 bits per heavy atom. The molecule has 2 fully saturated rings. The summed E-state index contributed by atoms with van der Waals surface area (Å²) in [6.45, 7) is 5.13. The summed E-state index contributed by atoms with van der Waals surface area (Å²) >= 11 is 0. The number of rotatable bonds is 8. The van der Waals surface area contributed by atoms with Gasteiger partial charge in [0.05, 0.1) is 0 Å². The Hall–Kier alpha value is -0.650. The molecule has 1 saturated carbocycles. The number of nitrogens with zero attached hydrogens (tertiary/aromatic N) is 2. The Labute approximate surface area is 128 Å². The molecule has 0 aromatic heterocycles. The van der Waals surface area contributed by atoms with Gasteiger partial charge < -0.3 is 14.9 Å². The highest BCUT2D eigenvalue weighted by atomic mass is 16.4. The van der Waals surface area contributed by atoms with Gasteiger partial charge in [0.25, 0.3) is 0 Å². The van der Waals surface area contributed by atoms with E-state index < -0.39 is 11.5 Å². The molecule has 1 aliphatic carbocycles. The Balaban J connectivity index is 1.75. The zero-order valence-electron chi connectivity index (χ0n) is 13.8. The van der Waals surface area contributed by atoms with Crippen LogP contribution in [0.25, 0.3) is 0 Å². The normalized spacial score (nSPS) is 26.8. The van der Waals surface area contributed by atoms with Crippen LogP contribution in [0.1, 0.15) is 45.4 Å². The smallest absolute Gasteiger partial charge is 0.323 e. The van der Waals surface area contributed by atoms with E-state index >= 15 is 0 Å². The van der Waals surface area contributed by atoms with Crippen molar-refractivity contribution in [2.75, 3.05) is 33.7 Å². The maximum atomic E-state index is 11.5. The number of likely N-dealkylation sites (tertiary alicyclic amines) is 1. The van der Waals surface area contributed by atoms with Crippen LogP contribution < -0.4 is 5.32 Å². The highest BCUT2D eigenvalue weighted by molar-refractivity contribution is 5.78. The van der Waals surface area contributed by atoms with Crippen LogP contribution in [0, 0.1) is 0 Å². The largest absolute Gasteiger partial charge is 0.480 e. The van der Waals surface area contributed by atoms with Gasteiger partial charge in [0.1, 0.15) is 5.54 Å². The molecule has 5 nitrogen and oxygen atoms in total. The fourth-order valence-electron chi connectivity index (χ4n) is 3.23. The molecule has 1 saturated heterocycles. The van der Waals surface area contributed by atoms with Gasteiger partial charge in [0.2, 0.25) is 0 Å². The Kier molecular flexibility index (Phi) is 5.63. The van der Waals surface area contributed by atoms with Crippen molar-refractivity contribution in [3.05, 3.63) is 0 Å². The van der Waals surface area contributed by atoms with Gasteiger partial charge in [-0.1, -0.05) is 0 Å². The zero-order valence-corrected chi connectivity index (χ0v) is 13.8. The van der Waals surface area contributed by atoms with Crippen LogP contribution >= 0.6 is 0 Å². The summed E-state index contributed by atoms with van der Waals surface area (Å²) in [6.07, 6.45) is 6.43. The van der Waals surface area contributed by atoms with E-state index in [1.54, 1.807) is 0 Å². The van der Waals surface area contributed by atoms with E-state index in [4.69, 9.17) is 0 Å². The van der Waals surface area contributed by atoms with Crippen LogP contribution in [0.15, 0.2) is 0 Å². The second-order valence-electron chi connectivity index (χ2n) is 7.22. The van der Waals surface area contributed by atoms with Gasteiger partial charge in [-0.2, -0.15) is 0 Å². The molecule has 2 aliphatic rings. The first kappa shape index (κ1) is 16.7. The molecule has 0 amide bonds. The Morgan fingerprint density at radius 2 is 2.10 bits per heavy atom. The predicted molar refractivity (Wildman–Crippen MR) is 84.6 cm³/mol. The quantitative estimate of drug-likeness (QED) is 0.709. The third-order valence-corrected chi connectivity index (χ3v) is 4.93. The first-order valence-electron chi connectivity index (χ1n) is 8.30. The summed E-state index contributed by atoms with van der Waals surface area (Å²) in [4.78, 5) is 16.3. The molecule has 0 aromatic carbocycles. The second-order valence-corrected chi connectivity index (χ2v) is 7.22. The lowest BCUT2D eigenvalue weighted by Gasteiger charge is -2.36. The molecule has 2 rings (SSSR count). The van der Waals surface area contributed by atoms with Gasteiger partial charge in [0.15, 0.2) is 0 Å². The maximum absolute atomic E-state index is 11.5. The van der Waals surface area contributed by atoms with Crippen molar-refractivity contribution in [2.24, 2.45) is 0 Å². The molecule has 5 heteroatoms. The number of aliphatic carboxylic acids is 1. The molecule has 2 N–H and O–H groups in total. The summed E-state index contributed by atoms with van der Waals surface area (Å²) in [5, 5.41) is 12.8. The molecule has 1 heterocycles. The van der Waals surface area contributed by atoms with Crippen molar-refractivity contribution in [3.8, 4) is 0 Å². The fraction of sp³-hybridized carbons (Fsp3) is 0.938. The van der Waals surface area contributed by atoms with Crippen LogP contribution in [-0.2, 0) is 4.79 Å². The highest BCUT2D eigenvalue weighted by Crippen LogP contribution is 2.25. The SMILES string of the molecule is CN(C)C1CCCN(CCCC(C)(NC2CC2)C(=O)O)C1. The number of nitrogens with one attached hydrogen (secondary N) is 1. The summed E-state index contributed by atoms with van der Waals surface area (Å²) in [5.41, 5.74) is -0.752. The number of hydrogen-bond donors (Lipinski definition) is 2. The maximum Gasteiger partial charge on any atom is 0.323 e. The number of carboxylic acids is 1. The molecule has 122 valence electrons. The van der Waals surface area contributed by atoms with E-state index in [1.807, 2.05) is 6.92 Å². The van der Waals surface area contributed by atoms with Gasteiger partial charge in [-0.15, -0.1) is 0 Å². The minimum absolute atomic E-state index is 0.430. The van der Waals surface area contributed by atoms with Crippen molar-refractivity contribution in [1.82, 2.24) is 15.1 Å².